The average Bonchev–Trinajstić information content (AvgIpc) is 2.20. The van der Waals surface area contributed by atoms with E-state index < -0.39 is 5.97 Å². The van der Waals surface area contributed by atoms with E-state index >= 15 is 0 Å². The number of hydrogen-bond acceptors (Lipinski definition) is 4. The molecule has 78 valence electrons. The summed E-state index contributed by atoms with van der Waals surface area (Å²) in [4.78, 5) is 17.9. The van der Waals surface area contributed by atoms with Crippen molar-refractivity contribution in [2.45, 2.75) is 13.3 Å². The van der Waals surface area contributed by atoms with E-state index in [1.807, 2.05) is 6.92 Å². The van der Waals surface area contributed by atoms with Crippen LogP contribution in [-0.2, 0) is 4.79 Å². The fraction of sp³-hybridized carbons (Fsp3) is 0.300. The Hall–Kier alpha value is -2.09. The van der Waals surface area contributed by atoms with Crippen LogP contribution in [-0.4, -0.2) is 27.7 Å². The Kier molecular flexibility index (Phi) is 4.10. The quantitative estimate of drug-likeness (QED) is 0.737. The predicted octanol–water partition coefficient (Wildman–Crippen LogP) is 0.702. The van der Waals surface area contributed by atoms with Crippen molar-refractivity contribution in [2.75, 3.05) is 6.61 Å². The van der Waals surface area contributed by atoms with Gasteiger partial charge in [-0.25, -0.2) is 9.97 Å². The summed E-state index contributed by atoms with van der Waals surface area (Å²) in [5, 5.41) is 8.35. The second-order valence-electron chi connectivity index (χ2n) is 2.56. The van der Waals surface area contributed by atoms with Gasteiger partial charge in [-0.3, -0.25) is 4.79 Å². The van der Waals surface area contributed by atoms with Crippen LogP contribution in [0.5, 0.6) is 6.01 Å². The van der Waals surface area contributed by atoms with Crippen molar-refractivity contribution in [3.8, 4) is 17.9 Å². The van der Waals surface area contributed by atoms with Crippen molar-refractivity contribution in [3.63, 3.8) is 0 Å². The van der Waals surface area contributed by atoms with E-state index in [1.165, 1.54) is 12.4 Å². The zero-order valence-electron chi connectivity index (χ0n) is 8.23. The summed E-state index contributed by atoms with van der Waals surface area (Å²) in [6.07, 6.45) is 2.80. The van der Waals surface area contributed by atoms with Crippen molar-refractivity contribution >= 4 is 5.97 Å². The zero-order chi connectivity index (χ0) is 11.1. The summed E-state index contributed by atoms with van der Waals surface area (Å²) in [6.45, 7) is 2.34. The maximum atomic E-state index is 10.2. The smallest absolute Gasteiger partial charge is 0.316 e. The molecule has 0 bridgehead atoms. The van der Waals surface area contributed by atoms with Crippen LogP contribution in [0.2, 0.25) is 0 Å². The number of rotatable bonds is 3. The number of hydrogen-bond donors (Lipinski definition) is 1. The number of aromatic nitrogens is 2. The molecule has 1 rings (SSSR count). The lowest BCUT2D eigenvalue weighted by atomic mass is 10.3. The Labute approximate surface area is 87.1 Å². The minimum atomic E-state index is -0.950. The fourth-order valence-corrected chi connectivity index (χ4v) is 0.806. The molecule has 0 fully saturated rings. The average molecular weight is 206 g/mol. The fourth-order valence-electron chi connectivity index (χ4n) is 0.806. The molecule has 0 saturated heterocycles. The highest BCUT2D eigenvalue weighted by molar-refractivity contribution is 5.70. The second kappa shape index (κ2) is 5.60. The van der Waals surface area contributed by atoms with Gasteiger partial charge in [0, 0.05) is 12.4 Å². The molecule has 0 radical (unpaired) electrons. The standard InChI is InChI=1S/C10H10N2O3/c1-2-15-10-11-6-8(7-12-10)4-3-5-9(13)14/h6-7H,2,5H2,1H3,(H,13,14). The molecule has 5 heteroatoms. The van der Waals surface area contributed by atoms with E-state index in [9.17, 15) is 4.79 Å². The minimum Gasteiger partial charge on any atom is -0.481 e. The third-order valence-corrected chi connectivity index (χ3v) is 1.37. The van der Waals surface area contributed by atoms with Crippen LogP contribution >= 0.6 is 0 Å². The van der Waals surface area contributed by atoms with E-state index in [0.29, 0.717) is 18.2 Å². The lowest BCUT2D eigenvalue weighted by Gasteiger charge is -1.98. The van der Waals surface area contributed by atoms with E-state index in [1.54, 1.807) is 0 Å². The van der Waals surface area contributed by atoms with Crippen molar-refractivity contribution in [1.82, 2.24) is 9.97 Å². The van der Waals surface area contributed by atoms with Gasteiger partial charge in [-0.15, -0.1) is 0 Å². The van der Waals surface area contributed by atoms with Crippen LogP contribution in [0.25, 0.3) is 0 Å². The molecule has 0 atom stereocenters. The molecule has 0 aliphatic heterocycles. The number of carbonyl (C=O) groups is 1. The molecule has 1 N–H and O–H groups in total. The van der Waals surface area contributed by atoms with Gasteiger partial charge in [0.15, 0.2) is 0 Å². The van der Waals surface area contributed by atoms with Gasteiger partial charge in [0.05, 0.1) is 12.2 Å². The van der Waals surface area contributed by atoms with Crippen molar-refractivity contribution in [2.24, 2.45) is 0 Å². The molecule has 0 spiro atoms. The number of carboxylic acid groups (broad SMARTS) is 1. The SMILES string of the molecule is CCOc1ncc(C#CCC(=O)O)cn1. The third-order valence-electron chi connectivity index (χ3n) is 1.37. The Morgan fingerprint density at radius 2 is 2.20 bits per heavy atom. The Morgan fingerprint density at radius 3 is 2.73 bits per heavy atom. The van der Waals surface area contributed by atoms with E-state index in [-0.39, 0.29) is 6.42 Å². The topological polar surface area (TPSA) is 72.3 Å². The summed E-state index contributed by atoms with van der Waals surface area (Å²) < 4.78 is 5.04. The largest absolute Gasteiger partial charge is 0.481 e. The first-order valence-electron chi connectivity index (χ1n) is 4.38. The maximum absolute atomic E-state index is 10.2. The maximum Gasteiger partial charge on any atom is 0.316 e. The van der Waals surface area contributed by atoms with E-state index in [2.05, 4.69) is 21.8 Å². The van der Waals surface area contributed by atoms with Gasteiger partial charge in [-0.1, -0.05) is 11.8 Å². The predicted molar refractivity (Wildman–Crippen MR) is 52.3 cm³/mol. The summed E-state index contributed by atoms with van der Waals surface area (Å²) in [5.74, 6) is 4.17. The monoisotopic (exact) mass is 206 g/mol. The molecule has 15 heavy (non-hydrogen) atoms. The number of aliphatic carboxylic acids is 1. The van der Waals surface area contributed by atoms with Gasteiger partial charge in [-0.2, -0.15) is 0 Å². The van der Waals surface area contributed by atoms with Crippen LogP contribution < -0.4 is 4.74 Å². The van der Waals surface area contributed by atoms with E-state index in [4.69, 9.17) is 9.84 Å². The van der Waals surface area contributed by atoms with Crippen LogP contribution in [0.1, 0.15) is 18.9 Å². The first-order valence-corrected chi connectivity index (χ1v) is 4.38. The van der Waals surface area contributed by atoms with Crippen molar-refractivity contribution < 1.29 is 14.6 Å². The molecule has 0 unspecified atom stereocenters. The Bertz CT molecular complexity index is 389. The number of ether oxygens (including phenoxy) is 1. The second-order valence-corrected chi connectivity index (χ2v) is 2.56. The molecule has 0 aliphatic carbocycles. The van der Waals surface area contributed by atoms with Gasteiger partial charge in [0.2, 0.25) is 0 Å². The van der Waals surface area contributed by atoms with Gasteiger partial charge in [0.25, 0.3) is 0 Å². The molecular weight excluding hydrogens is 196 g/mol. The Balaban J connectivity index is 2.62. The van der Waals surface area contributed by atoms with E-state index in [0.717, 1.165) is 0 Å². The highest BCUT2D eigenvalue weighted by Crippen LogP contribution is 2.00. The number of nitrogens with zero attached hydrogens (tertiary/aromatic N) is 2. The van der Waals surface area contributed by atoms with Crippen molar-refractivity contribution in [1.29, 1.82) is 0 Å². The van der Waals surface area contributed by atoms with Crippen LogP contribution in [0.3, 0.4) is 0 Å². The summed E-state index contributed by atoms with van der Waals surface area (Å²) in [7, 11) is 0. The van der Waals surface area contributed by atoms with Crippen LogP contribution in [0.15, 0.2) is 12.4 Å². The first-order chi connectivity index (χ1) is 7.22. The first kappa shape index (κ1) is 11.0. The molecule has 1 heterocycles. The van der Waals surface area contributed by atoms with Gasteiger partial charge < -0.3 is 9.84 Å². The molecule has 0 aliphatic rings. The molecule has 1 aromatic heterocycles. The third kappa shape index (κ3) is 4.09. The zero-order valence-corrected chi connectivity index (χ0v) is 8.23. The summed E-state index contributed by atoms with van der Waals surface area (Å²) in [5.41, 5.74) is 0.569. The molecule has 0 aromatic carbocycles. The normalized spacial score (nSPS) is 8.87. The van der Waals surface area contributed by atoms with Gasteiger partial charge in [0.1, 0.15) is 6.42 Å². The molecule has 0 amide bonds. The molecule has 0 saturated carbocycles. The highest BCUT2D eigenvalue weighted by atomic mass is 16.5. The van der Waals surface area contributed by atoms with Crippen LogP contribution in [0.4, 0.5) is 0 Å². The molecular formula is C10H10N2O3. The Morgan fingerprint density at radius 1 is 1.53 bits per heavy atom. The lowest BCUT2D eigenvalue weighted by molar-refractivity contribution is -0.135. The minimum absolute atomic E-state index is 0.187. The summed E-state index contributed by atoms with van der Waals surface area (Å²) >= 11 is 0. The van der Waals surface area contributed by atoms with Crippen LogP contribution in [0, 0.1) is 11.8 Å². The van der Waals surface area contributed by atoms with Gasteiger partial charge >= 0.3 is 12.0 Å². The van der Waals surface area contributed by atoms with Gasteiger partial charge in [-0.05, 0) is 6.92 Å². The van der Waals surface area contributed by atoms with Crippen molar-refractivity contribution in [3.05, 3.63) is 18.0 Å². The molecule has 5 nitrogen and oxygen atoms in total. The highest BCUT2D eigenvalue weighted by Gasteiger charge is 1.95. The summed E-state index contributed by atoms with van der Waals surface area (Å²) in [6, 6.07) is 0.293. The molecule has 1 aromatic rings. The lowest BCUT2D eigenvalue weighted by Crippen LogP contribution is -1.97. The number of carboxylic acids is 1.